The normalized spacial score (nSPS) is 22.3. The van der Waals surface area contributed by atoms with Crippen LogP contribution in [0.25, 0.3) is 0 Å². The largest absolute Gasteiger partial charge is 0.550 e. The molecular weight excluding hydrogens is 382 g/mol. The van der Waals surface area contributed by atoms with Crippen LogP contribution in [-0.2, 0) is 9.59 Å². The summed E-state index contributed by atoms with van der Waals surface area (Å²) >= 11 is 0. The number of carbonyl (C=O) groups is 3. The Balaban J connectivity index is 1.56. The third-order valence-corrected chi connectivity index (χ3v) is 6.26. The first kappa shape index (κ1) is 21.9. The number of hydrogen-bond donors (Lipinski definition) is 3. The zero-order valence-corrected chi connectivity index (χ0v) is 17.6. The van der Waals surface area contributed by atoms with Gasteiger partial charge in [-0.2, -0.15) is 0 Å². The smallest absolute Gasteiger partial charge is 0.319 e. The topological polar surface area (TPSA) is 110 Å². The molecule has 3 N–H and O–H groups in total. The number of hydrogen-bond acceptors (Lipinski definition) is 4. The molecule has 7 nitrogen and oxygen atoms in total. The summed E-state index contributed by atoms with van der Waals surface area (Å²) in [5.41, 5.74) is 3.24. The highest BCUT2D eigenvalue weighted by atomic mass is 16.4. The Bertz CT molecular complexity index is 825. The molecule has 3 amide bonds. The molecule has 162 valence electrons. The van der Waals surface area contributed by atoms with E-state index in [2.05, 4.69) is 16.0 Å². The molecule has 2 aliphatic carbocycles. The first-order chi connectivity index (χ1) is 14.3. The van der Waals surface area contributed by atoms with Gasteiger partial charge in [0.1, 0.15) is 0 Å². The van der Waals surface area contributed by atoms with Crippen LogP contribution < -0.4 is 21.1 Å². The minimum Gasteiger partial charge on any atom is -0.550 e. The van der Waals surface area contributed by atoms with Crippen molar-refractivity contribution in [1.82, 2.24) is 5.32 Å². The minimum absolute atomic E-state index is 0.227. The van der Waals surface area contributed by atoms with Crippen LogP contribution in [0.2, 0.25) is 0 Å². The minimum atomic E-state index is -1.19. The Morgan fingerprint density at radius 3 is 1.93 bits per heavy atom. The molecule has 0 unspecified atom stereocenters. The van der Waals surface area contributed by atoms with Gasteiger partial charge in [0, 0.05) is 29.3 Å². The van der Waals surface area contributed by atoms with Crippen molar-refractivity contribution in [3.8, 4) is 0 Å². The quantitative estimate of drug-likeness (QED) is 0.645. The molecule has 0 radical (unpaired) electrons. The highest BCUT2D eigenvalue weighted by Gasteiger charge is 2.33. The Morgan fingerprint density at radius 2 is 1.37 bits per heavy atom. The lowest BCUT2D eigenvalue weighted by Crippen LogP contribution is -2.42. The van der Waals surface area contributed by atoms with Gasteiger partial charge >= 0.3 is 6.03 Å². The standard InChI is InChI=1S/C23H31N3O4/c1-14-12-19(20(22(28)29)13-15(14)2)21(27)24-17-8-10-18(11-9-17)26-23(30)25-16-6-4-3-5-7-16/h8-11,16,19-20H,3-7,12-13H2,1-2H3,(H,24,27)(H,28,29)(H2,25,26,30)/p-1/t19-,20-/m0/s1. The summed E-state index contributed by atoms with van der Waals surface area (Å²) in [5.74, 6) is -2.99. The molecule has 1 saturated carbocycles. The Kier molecular flexibility index (Phi) is 7.13. The summed E-state index contributed by atoms with van der Waals surface area (Å²) in [4.78, 5) is 36.4. The second-order valence-corrected chi connectivity index (χ2v) is 8.50. The van der Waals surface area contributed by atoms with Crippen molar-refractivity contribution in [2.45, 2.75) is 64.8 Å². The predicted molar refractivity (Wildman–Crippen MR) is 114 cm³/mol. The van der Waals surface area contributed by atoms with E-state index in [0.29, 0.717) is 24.2 Å². The van der Waals surface area contributed by atoms with Gasteiger partial charge in [0.15, 0.2) is 0 Å². The van der Waals surface area contributed by atoms with Crippen molar-refractivity contribution in [2.75, 3.05) is 10.6 Å². The van der Waals surface area contributed by atoms with E-state index >= 15 is 0 Å². The number of carbonyl (C=O) groups excluding carboxylic acids is 3. The molecule has 0 bridgehead atoms. The molecule has 2 aliphatic rings. The first-order valence-electron chi connectivity index (χ1n) is 10.7. The lowest BCUT2D eigenvalue weighted by Gasteiger charge is -2.32. The summed E-state index contributed by atoms with van der Waals surface area (Å²) in [7, 11) is 0. The van der Waals surface area contributed by atoms with E-state index in [1.54, 1.807) is 24.3 Å². The zero-order chi connectivity index (χ0) is 21.7. The van der Waals surface area contributed by atoms with Gasteiger partial charge in [-0.05, 0) is 63.8 Å². The SMILES string of the molecule is CC1=C(C)C[C@H](C(=O)Nc2ccc(NC(=O)NC3CCCCC3)cc2)[C@@H](C(=O)[O-])C1. The van der Waals surface area contributed by atoms with Crippen LogP contribution in [0.3, 0.4) is 0 Å². The van der Waals surface area contributed by atoms with E-state index in [1.807, 2.05) is 13.8 Å². The first-order valence-corrected chi connectivity index (χ1v) is 10.7. The maximum absolute atomic E-state index is 12.7. The van der Waals surface area contributed by atoms with Crippen molar-refractivity contribution in [3.05, 3.63) is 35.4 Å². The van der Waals surface area contributed by atoms with Crippen LogP contribution in [0.1, 0.15) is 58.8 Å². The molecule has 0 aromatic heterocycles. The highest BCUT2D eigenvalue weighted by Crippen LogP contribution is 2.34. The molecule has 30 heavy (non-hydrogen) atoms. The molecule has 3 rings (SSSR count). The molecular formula is C23H30N3O4-. The molecule has 0 saturated heterocycles. The number of urea groups is 1. The summed E-state index contributed by atoms with van der Waals surface area (Å²) in [6.07, 6.45) is 6.30. The number of carboxylic acid groups (broad SMARTS) is 1. The van der Waals surface area contributed by atoms with Crippen molar-refractivity contribution < 1.29 is 19.5 Å². The van der Waals surface area contributed by atoms with Gasteiger partial charge in [-0.1, -0.05) is 30.4 Å². The number of anilines is 2. The van der Waals surface area contributed by atoms with Crippen LogP contribution in [0.15, 0.2) is 35.4 Å². The van der Waals surface area contributed by atoms with Gasteiger partial charge in [0.05, 0.1) is 5.92 Å². The van der Waals surface area contributed by atoms with Crippen LogP contribution in [0.4, 0.5) is 16.2 Å². The second kappa shape index (κ2) is 9.78. The number of rotatable bonds is 5. The van der Waals surface area contributed by atoms with E-state index in [0.717, 1.165) is 36.8 Å². The van der Waals surface area contributed by atoms with Crippen LogP contribution >= 0.6 is 0 Å². The highest BCUT2D eigenvalue weighted by molar-refractivity contribution is 5.96. The number of carboxylic acids is 1. The van der Waals surface area contributed by atoms with Crippen LogP contribution in [0.5, 0.6) is 0 Å². The third-order valence-electron chi connectivity index (χ3n) is 6.26. The van der Waals surface area contributed by atoms with E-state index in [4.69, 9.17) is 0 Å². The number of nitrogens with one attached hydrogen (secondary N) is 3. The summed E-state index contributed by atoms with van der Waals surface area (Å²) < 4.78 is 0. The molecule has 7 heteroatoms. The summed E-state index contributed by atoms with van der Waals surface area (Å²) in [6, 6.07) is 6.81. The van der Waals surface area contributed by atoms with Gasteiger partial charge < -0.3 is 25.9 Å². The van der Waals surface area contributed by atoms with Crippen molar-refractivity contribution >= 4 is 29.3 Å². The number of amides is 3. The van der Waals surface area contributed by atoms with E-state index in [-0.39, 0.29) is 18.0 Å². The van der Waals surface area contributed by atoms with Crippen molar-refractivity contribution in [3.63, 3.8) is 0 Å². The zero-order valence-electron chi connectivity index (χ0n) is 17.6. The van der Waals surface area contributed by atoms with Crippen molar-refractivity contribution in [2.24, 2.45) is 11.8 Å². The summed E-state index contributed by atoms with van der Waals surface area (Å²) in [5, 5.41) is 20.1. The van der Waals surface area contributed by atoms with Gasteiger partial charge in [0.25, 0.3) is 0 Å². The molecule has 1 aromatic carbocycles. The fraction of sp³-hybridized carbons (Fsp3) is 0.522. The van der Waals surface area contributed by atoms with Gasteiger partial charge in [-0.3, -0.25) is 4.79 Å². The average molecular weight is 413 g/mol. The monoisotopic (exact) mass is 412 g/mol. The van der Waals surface area contributed by atoms with Gasteiger partial charge in [-0.25, -0.2) is 4.79 Å². The van der Waals surface area contributed by atoms with E-state index in [9.17, 15) is 19.5 Å². The van der Waals surface area contributed by atoms with Crippen molar-refractivity contribution in [1.29, 1.82) is 0 Å². The molecule has 1 fully saturated rings. The van der Waals surface area contributed by atoms with Gasteiger partial charge in [0.2, 0.25) is 5.91 Å². The maximum Gasteiger partial charge on any atom is 0.319 e. The molecule has 2 atom stereocenters. The number of benzene rings is 1. The van der Waals surface area contributed by atoms with Gasteiger partial charge in [-0.15, -0.1) is 0 Å². The van der Waals surface area contributed by atoms with Crippen LogP contribution in [-0.4, -0.2) is 23.9 Å². The van der Waals surface area contributed by atoms with Crippen LogP contribution in [0, 0.1) is 11.8 Å². The fourth-order valence-electron chi connectivity index (χ4n) is 4.29. The lowest BCUT2D eigenvalue weighted by atomic mass is 9.76. The molecule has 1 aromatic rings. The Morgan fingerprint density at radius 1 is 0.833 bits per heavy atom. The fourth-order valence-corrected chi connectivity index (χ4v) is 4.29. The maximum atomic E-state index is 12.7. The lowest BCUT2D eigenvalue weighted by molar-refractivity contribution is -0.313. The molecule has 0 heterocycles. The number of aliphatic carboxylic acids is 1. The molecule has 0 aliphatic heterocycles. The summed E-state index contributed by atoms with van der Waals surface area (Å²) in [6.45, 7) is 3.83. The number of allylic oxidation sites excluding steroid dienone is 2. The van der Waals surface area contributed by atoms with E-state index in [1.165, 1.54) is 6.42 Å². The molecule has 0 spiro atoms. The Labute approximate surface area is 177 Å². The third kappa shape index (κ3) is 5.62. The van der Waals surface area contributed by atoms with E-state index < -0.39 is 17.8 Å². The average Bonchev–Trinajstić information content (AvgIpc) is 2.71. The second-order valence-electron chi connectivity index (χ2n) is 8.50. The predicted octanol–water partition coefficient (Wildman–Crippen LogP) is 3.19. The Hall–Kier alpha value is -2.83.